The largest absolute Gasteiger partial charge is 1.00 e. The van der Waals surface area contributed by atoms with Gasteiger partial charge < -0.3 is 20.0 Å². The van der Waals surface area contributed by atoms with Crippen molar-refractivity contribution in [1.82, 2.24) is 0 Å². The molecule has 1 N–H and O–H groups in total. The summed E-state index contributed by atoms with van der Waals surface area (Å²) in [6.45, 7) is 2.40. The average Bonchev–Trinajstić information content (AvgIpc) is 2.68. The quantitative estimate of drug-likeness (QED) is 0.597. The number of hydrogen-bond donors (Lipinski definition) is 1. The first-order chi connectivity index (χ1) is 13.9. The number of aromatic carboxylic acids is 1. The minimum atomic E-state index is -1.41. The van der Waals surface area contributed by atoms with Gasteiger partial charge in [0, 0.05) is 10.6 Å². The van der Waals surface area contributed by atoms with E-state index in [0.717, 1.165) is 5.56 Å². The molecule has 0 heterocycles. The minimum Gasteiger partial charge on any atom is -0.545 e. The van der Waals surface area contributed by atoms with Gasteiger partial charge in [-0.15, -0.1) is 0 Å². The van der Waals surface area contributed by atoms with Crippen molar-refractivity contribution in [2.45, 2.75) is 6.92 Å². The van der Waals surface area contributed by atoms with Crippen LogP contribution in [0.2, 0.25) is 10.0 Å². The predicted molar refractivity (Wildman–Crippen MR) is 112 cm³/mol. The van der Waals surface area contributed by atoms with Crippen molar-refractivity contribution < 1.29 is 38.3 Å². The van der Waals surface area contributed by atoms with Gasteiger partial charge in [-0.25, -0.2) is 0 Å². The topological polar surface area (TPSA) is 78.5 Å². The standard InChI is InChI=1S/C22H17Cl2NO4.Li/c1-2-29-16-5-3-4-13(10-16)14-6-9-20(18(11-14)22(27)28)25-21(26)17-8-7-15(23)12-19(17)24;/h3-12H,2H2,1H3,(H,25,26)(H,27,28);/q;+1/p-1. The Kier molecular flexibility index (Phi) is 8.40. The number of anilines is 1. The second-order valence-electron chi connectivity index (χ2n) is 6.09. The number of carboxylic acids is 1. The van der Waals surface area contributed by atoms with E-state index in [0.29, 0.717) is 22.9 Å². The van der Waals surface area contributed by atoms with E-state index in [1.54, 1.807) is 6.07 Å². The van der Waals surface area contributed by atoms with Gasteiger partial charge in [-0.2, -0.15) is 0 Å². The Balaban J connectivity index is 0.00000320. The average molecular weight is 436 g/mol. The molecule has 0 radical (unpaired) electrons. The molecule has 0 saturated carbocycles. The number of nitrogens with one attached hydrogen (secondary N) is 1. The Morgan fingerprint density at radius 2 is 1.70 bits per heavy atom. The van der Waals surface area contributed by atoms with Gasteiger partial charge in [0.1, 0.15) is 5.75 Å². The number of carbonyl (C=O) groups is 2. The molecule has 0 fully saturated rings. The number of rotatable bonds is 6. The van der Waals surface area contributed by atoms with Crippen LogP contribution in [0.5, 0.6) is 5.75 Å². The molecule has 148 valence electrons. The minimum absolute atomic E-state index is 0. The van der Waals surface area contributed by atoms with Gasteiger partial charge in [-0.05, 0) is 60.5 Å². The van der Waals surface area contributed by atoms with Crippen LogP contribution in [-0.4, -0.2) is 18.5 Å². The number of benzene rings is 3. The van der Waals surface area contributed by atoms with Crippen molar-refractivity contribution in [3.63, 3.8) is 0 Å². The maximum atomic E-state index is 12.5. The van der Waals surface area contributed by atoms with Crippen LogP contribution in [-0.2, 0) is 0 Å². The van der Waals surface area contributed by atoms with Crippen molar-refractivity contribution in [3.05, 3.63) is 81.8 Å². The molecule has 0 unspecified atom stereocenters. The molecule has 3 aromatic rings. The van der Waals surface area contributed by atoms with Crippen molar-refractivity contribution in [1.29, 1.82) is 0 Å². The number of carbonyl (C=O) groups excluding carboxylic acids is 2. The van der Waals surface area contributed by atoms with Crippen LogP contribution >= 0.6 is 23.2 Å². The molecule has 3 aromatic carbocycles. The SMILES string of the molecule is CCOc1cccc(-c2ccc(NC(=O)c3ccc(Cl)cc3Cl)c(C(=O)[O-])c2)c1.[Li+]. The Morgan fingerprint density at radius 1 is 0.967 bits per heavy atom. The predicted octanol–water partition coefficient (Wildman–Crippen LogP) is 1.68. The summed E-state index contributed by atoms with van der Waals surface area (Å²) in [5, 5.41) is 14.8. The third kappa shape index (κ3) is 5.59. The fourth-order valence-corrected chi connectivity index (χ4v) is 3.29. The van der Waals surface area contributed by atoms with E-state index in [1.807, 2.05) is 31.2 Å². The van der Waals surface area contributed by atoms with Crippen LogP contribution in [0.3, 0.4) is 0 Å². The zero-order chi connectivity index (χ0) is 21.0. The van der Waals surface area contributed by atoms with Crippen molar-refractivity contribution in [3.8, 4) is 16.9 Å². The summed E-state index contributed by atoms with van der Waals surface area (Å²) in [5.41, 5.74) is 1.55. The molecule has 8 heteroatoms. The number of hydrogen-bond acceptors (Lipinski definition) is 4. The fraction of sp³-hybridized carbons (Fsp3) is 0.0909. The molecule has 5 nitrogen and oxygen atoms in total. The molecule has 0 aliphatic heterocycles. The van der Waals surface area contributed by atoms with Crippen LogP contribution < -0.4 is 34.0 Å². The molecule has 0 aliphatic rings. The number of ether oxygens (including phenoxy) is 1. The Morgan fingerprint density at radius 3 is 2.37 bits per heavy atom. The van der Waals surface area contributed by atoms with Crippen LogP contribution in [0.4, 0.5) is 5.69 Å². The van der Waals surface area contributed by atoms with Crippen LogP contribution in [0.25, 0.3) is 11.1 Å². The maximum absolute atomic E-state index is 12.5. The Hall–Kier alpha value is -2.42. The normalized spacial score (nSPS) is 10.1. The van der Waals surface area contributed by atoms with Crippen molar-refractivity contribution in [2.75, 3.05) is 11.9 Å². The van der Waals surface area contributed by atoms with E-state index in [9.17, 15) is 14.7 Å². The van der Waals surface area contributed by atoms with Gasteiger partial charge >= 0.3 is 18.9 Å². The van der Waals surface area contributed by atoms with E-state index < -0.39 is 11.9 Å². The van der Waals surface area contributed by atoms with Gasteiger partial charge in [-0.1, -0.05) is 41.4 Å². The summed E-state index contributed by atoms with van der Waals surface area (Å²) in [6, 6.07) is 16.4. The van der Waals surface area contributed by atoms with E-state index in [4.69, 9.17) is 27.9 Å². The van der Waals surface area contributed by atoms with Gasteiger partial charge in [0.25, 0.3) is 5.91 Å². The van der Waals surface area contributed by atoms with Crippen molar-refractivity contribution >= 4 is 40.8 Å². The number of halogens is 2. The molecule has 0 bridgehead atoms. The third-order valence-corrected chi connectivity index (χ3v) is 4.69. The zero-order valence-electron chi connectivity index (χ0n) is 16.4. The van der Waals surface area contributed by atoms with E-state index in [2.05, 4.69) is 5.32 Å². The molecule has 0 atom stereocenters. The molecular weight excluding hydrogens is 420 g/mol. The Bertz CT molecular complexity index is 1090. The van der Waals surface area contributed by atoms with E-state index >= 15 is 0 Å². The molecule has 1 amide bonds. The summed E-state index contributed by atoms with van der Waals surface area (Å²) in [4.78, 5) is 24.2. The molecule has 0 aliphatic carbocycles. The van der Waals surface area contributed by atoms with Crippen LogP contribution in [0.1, 0.15) is 27.6 Å². The van der Waals surface area contributed by atoms with Gasteiger partial charge in [0.15, 0.2) is 0 Å². The summed E-state index contributed by atoms with van der Waals surface area (Å²) in [5.74, 6) is -1.29. The summed E-state index contributed by atoms with van der Waals surface area (Å²) in [7, 11) is 0. The smallest absolute Gasteiger partial charge is 0.545 e. The summed E-state index contributed by atoms with van der Waals surface area (Å²) >= 11 is 11.9. The third-order valence-electron chi connectivity index (χ3n) is 4.14. The monoisotopic (exact) mass is 435 g/mol. The molecule has 3 rings (SSSR count). The second kappa shape index (κ2) is 10.6. The molecule has 30 heavy (non-hydrogen) atoms. The molecule has 0 spiro atoms. The van der Waals surface area contributed by atoms with Gasteiger partial charge in [0.05, 0.1) is 28.8 Å². The summed E-state index contributed by atoms with van der Waals surface area (Å²) in [6.07, 6.45) is 0. The summed E-state index contributed by atoms with van der Waals surface area (Å²) < 4.78 is 5.48. The van der Waals surface area contributed by atoms with E-state index in [-0.39, 0.29) is 40.7 Å². The number of amides is 1. The first-order valence-corrected chi connectivity index (χ1v) is 9.49. The fourth-order valence-electron chi connectivity index (χ4n) is 2.80. The second-order valence-corrected chi connectivity index (χ2v) is 6.93. The van der Waals surface area contributed by atoms with E-state index in [1.165, 1.54) is 30.3 Å². The zero-order valence-corrected chi connectivity index (χ0v) is 17.9. The maximum Gasteiger partial charge on any atom is 1.00 e. The molecule has 0 saturated heterocycles. The van der Waals surface area contributed by atoms with Crippen LogP contribution in [0.15, 0.2) is 60.7 Å². The van der Waals surface area contributed by atoms with Gasteiger partial charge in [0.2, 0.25) is 0 Å². The van der Waals surface area contributed by atoms with Gasteiger partial charge in [-0.3, -0.25) is 4.79 Å². The Labute approximate surface area is 196 Å². The van der Waals surface area contributed by atoms with Crippen molar-refractivity contribution in [2.24, 2.45) is 0 Å². The first-order valence-electron chi connectivity index (χ1n) is 8.74. The molecule has 0 aromatic heterocycles. The molecular formula is C22H16Cl2LiNO4. The van der Waals surface area contributed by atoms with Crippen LogP contribution in [0, 0.1) is 0 Å². The number of carboxylic acid groups (broad SMARTS) is 1. The first kappa shape index (κ1) is 23.9.